The summed E-state index contributed by atoms with van der Waals surface area (Å²) in [5.41, 5.74) is 6.37. The minimum absolute atomic E-state index is 0.689. The van der Waals surface area contributed by atoms with Gasteiger partial charge in [0.15, 0.2) is 11.5 Å². The summed E-state index contributed by atoms with van der Waals surface area (Å²) < 4.78 is 11.2. The van der Waals surface area contributed by atoms with E-state index in [9.17, 15) is 0 Å². The number of benzene rings is 2. The van der Waals surface area contributed by atoms with Gasteiger partial charge in [-0.1, -0.05) is 30.3 Å². The molecule has 0 bridgehead atoms. The average Bonchev–Trinajstić information content (AvgIpc) is 2.52. The van der Waals surface area contributed by atoms with Gasteiger partial charge in [-0.05, 0) is 36.6 Å². The van der Waals surface area contributed by atoms with Crippen LogP contribution in [0.4, 0.5) is 0 Å². The Labute approximate surface area is 120 Å². The monoisotopic (exact) mass is 272 g/mol. The molecule has 0 atom stereocenters. The highest BCUT2D eigenvalue weighted by Gasteiger charge is 2.05. The predicted octanol–water partition coefficient (Wildman–Crippen LogP) is 2.45. The van der Waals surface area contributed by atoms with Gasteiger partial charge in [-0.3, -0.25) is 0 Å². The minimum atomic E-state index is 0.689. The van der Waals surface area contributed by atoms with E-state index in [-0.39, 0.29) is 0 Å². The summed E-state index contributed by atoms with van der Waals surface area (Å²) in [5.74, 6) is 1.59. The van der Waals surface area contributed by atoms with Crippen molar-refractivity contribution in [1.82, 2.24) is 0 Å². The number of quaternary nitrogens is 1. The summed E-state index contributed by atoms with van der Waals surface area (Å²) in [5, 5.41) is 0. The van der Waals surface area contributed by atoms with Gasteiger partial charge in [0, 0.05) is 5.56 Å². The lowest BCUT2D eigenvalue weighted by Gasteiger charge is -2.11. The SMILES string of the molecule is COc1cc(C[NH3+])ccc1OCCCc1ccccc1. The van der Waals surface area contributed by atoms with Crippen molar-refractivity contribution in [3.05, 3.63) is 59.7 Å². The van der Waals surface area contributed by atoms with Crippen molar-refractivity contribution < 1.29 is 15.2 Å². The van der Waals surface area contributed by atoms with Crippen molar-refractivity contribution in [3.8, 4) is 11.5 Å². The van der Waals surface area contributed by atoms with E-state index in [4.69, 9.17) is 9.47 Å². The Bertz CT molecular complexity index is 526. The maximum Gasteiger partial charge on any atom is 0.161 e. The molecule has 0 amide bonds. The van der Waals surface area contributed by atoms with Gasteiger partial charge in [0.05, 0.1) is 20.3 Å². The van der Waals surface area contributed by atoms with Crippen LogP contribution in [0.25, 0.3) is 0 Å². The molecule has 2 aromatic rings. The minimum Gasteiger partial charge on any atom is -0.493 e. The Balaban J connectivity index is 1.85. The van der Waals surface area contributed by atoms with Gasteiger partial charge in [0.2, 0.25) is 0 Å². The van der Waals surface area contributed by atoms with E-state index in [1.807, 2.05) is 24.3 Å². The lowest BCUT2D eigenvalue weighted by molar-refractivity contribution is -0.386. The fourth-order valence-electron chi connectivity index (χ4n) is 2.09. The molecule has 3 nitrogen and oxygen atoms in total. The van der Waals surface area contributed by atoms with Crippen molar-refractivity contribution in [2.75, 3.05) is 13.7 Å². The Hall–Kier alpha value is -2.00. The van der Waals surface area contributed by atoms with Crippen molar-refractivity contribution in [2.45, 2.75) is 19.4 Å². The molecule has 2 aromatic carbocycles. The standard InChI is InChI=1S/C17H21NO2/c1-19-17-12-15(13-18)9-10-16(17)20-11-5-8-14-6-3-2-4-7-14/h2-4,6-7,9-10,12H,5,8,11,13,18H2,1H3/p+1. The summed E-state index contributed by atoms with van der Waals surface area (Å²) in [7, 11) is 1.67. The molecular formula is C17H22NO2+. The number of hydrogen-bond donors (Lipinski definition) is 1. The molecule has 3 heteroatoms. The quantitative estimate of drug-likeness (QED) is 0.787. The van der Waals surface area contributed by atoms with Gasteiger partial charge < -0.3 is 15.2 Å². The van der Waals surface area contributed by atoms with E-state index < -0.39 is 0 Å². The van der Waals surface area contributed by atoms with Gasteiger partial charge in [0.1, 0.15) is 0 Å². The molecule has 0 spiro atoms. The van der Waals surface area contributed by atoms with Gasteiger partial charge in [-0.25, -0.2) is 0 Å². The van der Waals surface area contributed by atoms with Crippen molar-refractivity contribution >= 4 is 0 Å². The molecule has 0 aliphatic heterocycles. The Morgan fingerprint density at radius 2 is 1.75 bits per heavy atom. The molecule has 0 aliphatic carbocycles. The molecule has 0 radical (unpaired) electrons. The van der Waals surface area contributed by atoms with Crippen LogP contribution in [0.15, 0.2) is 48.5 Å². The lowest BCUT2D eigenvalue weighted by atomic mass is 10.1. The summed E-state index contributed by atoms with van der Waals surface area (Å²) in [6, 6.07) is 16.4. The molecule has 106 valence electrons. The molecule has 20 heavy (non-hydrogen) atoms. The second kappa shape index (κ2) is 7.56. The van der Waals surface area contributed by atoms with Crippen LogP contribution in [0.2, 0.25) is 0 Å². The highest BCUT2D eigenvalue weighted by molar-refractivity contribution is 5.42. The fraction of sp³-hybridized carbons (Fsp3) is 0.294. The van der Waals surface area contributed by atoms with E-state index in [1.165, 1.54) is 5.56 Å². The van der Waals surface area contributed by atoms with Crippen LogP contribution < -0.4 is 15.2 Å². The van der Waals surface area contributed by atoms with E-state index in [1.54, 1.807) is 7.11 Å². The highest BCUT2D eigenvalue weighted by atomic mass is 16.5. The van der Waals surface area contributed by atoms with Crippen LogP contribution in [-0.2, 0) is 13.0 Å². The second-order valence-electron chi connectivity index (χ2n) is 4.67. The van der Waals surface area contributed by atoms with E-state index >= 15 is 0 Å². The van der Waals surface area contributed by atoms with Gasteiger partial charge in [-0.2, -0.15) is 0 Å². The topological polar surface area (TPSA) is 46.1 Å². The molecular weight excluding hydrogens is 250 g/mol. The maximum atomic E-state index is 5.80. The fourth-order valence-corrected chi connectivity index (χ4v) is 2.09. The maximum absolute atomic E-state index is 5.80. The number of methoxy groups -OCH3 is 1. The molecule has 0 saturated heterocycles. The zero-order valence-electron chi connectivity index (χ0n) is 12.0. The Morgan fingerprint density at radius 1 is 0.950 bits per heavy atom. The zero-order chi connectivity index (χ0) is 14.2. The number of rotatable bonds is 7. The number of aryl methyl sites for hydroxylation is 1. The number of ether oxygens (including phenoxy) is 2. The van der Waals surface area contributed by atoms with Crippen LogP contribution >= 0.6 is 0 Å². The van der Waals surface area contributed by atoms with Gasteiger partial charge in [0.25, 0.3) is 0 Å². The molecule has 0 fully saturated rings. The third-order valence-corrected chi connectivity index (χ3v) is 3.23. The molecule has 0 saturated carbocycles. The lowest BCUT2D eigenvalue weighted by Crippen LogP contribution is -2.47. The summed E-state index contributed by atoms with van der Waals surface area (Å²) in [6.45, 7) is 1.44. The van der Waals surface area contributed by atoms with E-state index in [0.717, 1.165) is 36.4 Å². The highest BCUT2D eigenvalue weighted by Crippen LogP contribution is 2.27. The molecule has 3 N–H and O–H groups in total. The van der Waals surface area contributed by atoms with Crippen molar-refractivity contribution in [1.29, 1.82) is 0 Å². The largest absolute Gasteiger partial charge is 0.493 e. The third-order valence-electron chi connectivity index (χ3n) is 3.23. The average molecular weight is 272 g/mol. The van der Waals surface area contributed by atoms with Crippen LogP contribution in [-0.4, -0.2) is 13.7 Å². The van der Waals surface area contributed by atoms with Crippen molar-refractivity contribution in [3.63, 3.8) is 0 Å². The first-order valence-electron chi connectivity index (χ1n) is 6.96. The van der Waals surface area contributed by atoms with Crippen LogP contribution in [0.1, 0.15) is 17.5 Å². The van der Waals surface area contributed by atoms with Crippen molar-refractivity contribution in [2.24, 2.45) is 0 Å². The summed E-state index contributed by atoms with van der Waals surface area (Å²) >= 11 is 0. The summed E-state index contributed by atoms with van der Waals surface area (Å²) in [4.78, 5) is 0. The molecule has 0 unspecified atom stereocenters. The Morgan fingerprint density at radius 3 is 2.45 bits per heavy atom. The predicted molar refractivity (Wildman–Crippen MR) is 79.8 cm³/mol. The first kappa shape index (κ1) is 14.4. The molecule has 0 aliphatic rings. The molecule has 2 rings (SSSR count). The second-order valence-corrected chi connectivity index (χ2v) is 4.67. The Kier molecular flexibility index (Phi) is 5.44. The third kappa shape index (κ3) is 4.00. The van der Waals surface area contributed by atoms with Crippen LogP contribution in [0, 0.1) is 0 Å². The van der Waals surface area contributed by atoms with E-state index in [0.29, 0.717) is 6.61 Å². The first-order valence-corrected chi connectivity index (χ1v) is 6.96. The normalized spacial score (nSPS) is 10.3. The van der Waals surface area contributed by atoms with Gasteiger partial charge >= 0.3 is 0 Å². The van der Waals surface area contributed by atoms with E-state index in [2.05, 4.69) is 30.0 Å². The van der Waals surface area contributed by atoms with Crippen LogP contribution in [0.5, 0.6) is 11.5 Å². The van der Waals surface area contributed by atoms with Crippen LogP contribution in [0.3, 0.4) is 0 Å². The molecule has 0 heterocycles. The smallest absolute Gasteiger partial charge is 0.161 e. The van der Waals surface area contributed by atoms with Gasteiger partial charge in [-0.15, -0.1) is 0 Å². The first-order chi connectivity index (χ1) is 9.83. The zero-order valence-corrected chi connectivity index (χ0v) is 12.0. The summed E-state index contributed by atoms with van der Waals surface area (Å²) in [6.07, 6.45) is 2.02. The number of hydrogen-bond acceptors (Lipinski definition) is 2. The molecule has 0 aromatic heterocycles.